The summed E-state index contributed by atoms with van der Waals surface area (Å²) >= 11 is 0. The Hall–Kier alpha value is -2.35. The van der Waals surface area contributed by atoms with Gasteiger partial charge >= 0.3 is 5.97 Å². The number of benzene rings is 2. The third-order valence-corrected chi connectivity index (χ3v) is 6.36. The molecule has 0 fully saturated rings. The Kier molecular flexibility index (Phi) is 6.26. The third kappa shape index (κ3) is 4.38. The van der Waals surface area contributed by atoms with Crippen LogP contribution in [0.1, 0.15) is 99.5 Å². The van der Waals surface area contributed by atoms with Gasteiger partial charge < -0.3 is 4.74 Å². The number of esters is 1. The highest BCUT2D eigenvalue weighted by molar-refractivity contribution is 5.90. The van der Waals surface area contributed by atoms with E-state index in [0.29, 0.717) is 12.2 Å². The summed E-state index contributed by atoms with van der Waals surface area (Å²) < 4.78 is 5.22. The second kappa shape index (κ2) is 8.41. The summed E-state index contributed by atoms with van der Waals surface area (Å²) in [4.78, 5) is 12.0. The van der Waals surface area contributed by atoms with Crippen LogP contribution in [-0.2, 0) is 22.0 Å². The lowest BCUT2D eigenvalue weighted by atomic mass is 9.82. The average molecular weight is 405 g/mol. The van der Waals surface area contributed by atoms with Crippen LogP contribution in [0.2, 0.25) is 0 Å². The second-order valence-corrected chi connectivity index (χ2v) is 9.94. The Bertz CT molecular complexity index is 959. The number of carbonyl (C=O) groups excluding carboxylic acids is 1. The molecule has 0 saturated carbocycles. The van der Waals surface area contributed by atoms with Gasteiger partial charge in [0.1, 0.15) is 0 Å². The maximum atomic E-state index is 12.0. The molecule has 1 aliphatic rings. The van der Waals surface area contributed by atoms with E-state index >= 15 is 0 Å². The Morgan fingerprint density at radius 2 is 1.60 bits per heavy atom. The molecular weight excluding hydrogens is 368 g/mol. The van der Waals surface area contributed by atoms with E-state index in [1.54, 1.807) is 0 Å². The van der Waals surface area contributed by atoms with Gasteiger partial charge in [-0.2, -0.15) is 0 Å². The fourth-order valence-electron chi connectivity index (χ4n) is 5.04. The maximum Gasteiger partial charge on any atom is 0.338 e. The monoisotopic (exact) mass is 404 g/mol. The number of rotatable bonds is 6. The highest BCUT2D eigenvalue weighted by Crippen LogP contribution is 2.50. The van der Waals surface area contributed by atoms with Gasteiger partial charge in [0.15, 0.2) is 0 Å². The number of ether oxygens (including phenoxy) is 1. The molecule has 160 valence electrons. The number of aryl methyl sites for hydroxylation is 1. The lowest BCUT2D eigenvalue weighted by Gasteiger charge is -2.22. The minimum Gasteiger partial charge on any atom is -0.462 e. The van der Waals surface area contributed by atoms with E-state index in [0.717, 1.165) is 18.4 Å². The van der Waals surface area contributed by atoms with Crippen molar-refractivity contribution >= 4 is 17.6 Å². The Labute approximate surface area is 182 Å². The maximum absolute atomic E-state index is 12.0. The number of fused-ring (bicyclic) bond motifs is 1. The van der Waals surface area contributed by atoms with Crippen molar-refractivity contribution in [3.63, 3.8) is 0 Å². The summed E-state index contributed by atoms with van der Waals surface area (Å²) in [6, 6.07) is 12.6. The molecule has 30 heavy (non-hydrogen) atoms. The lowest BCUT2D eigenvalue weighted by molar-refractivity contribution is 0.0505. The van der Waals surface area contributed by atoms with E-state index in [9.17, 15) is 4.79 Å². The average Bonchev–Trinajstić information content (AvgIpc) is 2.88. The largest absolute Gasteiger partial charge is 0.462 e. The number of hydrogen-bond acceptors (Lipinski definition) is 2. The highest BCUT2D eigenvalue weighted by atomic mass is 16.5. The van der Waals surface area contributed by atoms with Crippen LogP contribution in [0.3, 0.4) is 0 Å². The fourth-order valence-corrected chi connectivity index (χ4v) is 5.04. The SMILES string of the molecule is CCCOC(=O)c1ccc(/C=C(\C)c2cc3c(cc2CC)C(C)(C)CC3(C)C)cc1. The molecule has 0 N–H and O–H groups in total. The van der Waals surface area contributed by atoms with Gasteiger partial charge in [0.2, 0.25) is 0 Å². The topological polar surface area (TPSA) is 26.3 Å². The molecule has 2 aromatic rings. The Balaban J connectivity index is 1.94. The molecule has 0 radical (unpaired) electrons. The summed E-state index contributed by atoms with van der Waals surface area (Å²) in [6.45, 7) is 16.4. The molecule has 1 aliphatic carbocycles. The second-order valence-electron chi connectivity index (χ2n) is 9.94. The summed E-state index contributed by atoms with van der Waals surface area (Å²) in [6.07, 6.45) is 5.25. The predicted octanol–water partition coefficient (Wildman–Crippen LogP) is 7.34. The van der Waals surface area contributed by atoms with Gasteiger partial charge in [-0.25, -0.2) is 4.79 Å². The molecular formula is C28H36O2. The molecule has 0 atom stereocenters. The zero-order valence-corrected chi connectivity index (χ0v) is 19.7. The molecule has 2 heteroatoms. The third-order valence-electron chi connectivity index (χ3n) is 6.36. The van der Waals surface area contributed by atoms with E-state index in [1.807, 2.05) is 31.2 Å². The first-order chi connectivity index (χ1) is 14.1. The van der Waals surface area contributed by atoms with Gasteiger partial charge in [0.05, 0.1) is 12.2 Å². The van der Waals surface area contributed by atoms with Crippen LogP contribution in [0.5, 0.6) is 0 Å². The zero-order chi connectivity index (χ0) is 22.1. The van der Waals surface area contributed by atoms with Crippen LogP contribution < -0.4 is 0 Å². The van der Waals surface area contributed by atoms with E-state index in [2.05, 4.69) is 59.8 Å². The standard InChI is InChI=1S/C28H36O2/c1-8-14-30-26(29)22-12-10-20(11-13-22)15-19(3)23-17-25-24(16-21(23)9-2)27(4,5)18-28(25,6)7/h10-13,15-17H,8-9,14,18H2,1-7H3/b19-15+. The molecule has 2 nitrogen and oxygen atoms in total. The van der Waals surface area contributed by atoms with Gasteiger partial charge in [0, 0.05) is 0 Å². The van der Waals surface area contributed by atoms with Crippen molar-refractivity contribution in [3.05, 3.63) is 69.8 Å². The Morgan fingerprint density at radius 1 is 1.00 bits per heavy atom. The molecule has 0 aromatic heterocycles. The van der Waals surface area contributed by atoms with E-state index < -0.39 is 0 Å². The van der Waals surface area contributed by atoms with Gasteiger partial charge in [-0.3, -0.25) is 0 Å². The first kappa shape index (κ1) is 22.3. The van der Waals surface area contributed by atoms with Crippen LogP contribution in [0.25, 0.3) is 11.6 Å². The van der Waals surface area contributed by atoms with Gasteiger partial charge in [-0.15, -0.1) is 0 Å². The molecule has 0 amide bonds. The fraction of sp³-hybridized carbons (Fsp3) is 0.464. The van der Waals surface area contributed by atoms with Crippen LogP contribution in [0.4, 0.5) is 0 Å². The van der Waals surface area contributed by atoms with Gasteiger partial charge in [-0.05, 0) is 82.5 Å². The predicted molar refractivity (Wildman–Crippen MR) is 127 cm³/mol. The van der Waals surface area contributed by atoms with E-state index in [4.69, 9.17) is 4.74 Å². The first-order valence-corrected chi connectivity index (χ1v) is 11.2. The molecule has 3 rings (SSSR count). The van der Waals surface area contributed by atoms with Gasteiger partial charge in [-0.1, -0.05) is 71.9 Å². The summed E-state index contributed by atoms with van der Waals surface area (Å²) in [5.41, 5.74) is 9.13. The van der Waals surface area contributed by atoms with Crippen LogP contribution >= 0.6 is 0 Å². The first-order valence-electron chi connectivity index (χ1n) is 11.2. The minimum absolute atomic E-state index is 0.195. The summed E-state index contributed by atoms with van der Waals surface area (Å²) in [5, 5.41) is 0. The van der Waals surface area contributed by atoms with Crippen molar-refractivity contribution in [1.82, 2.24) is 0 Å². The molecule has 0 saturated heterocycles. The molecule has 2 aromatic carbocycles. The van der Waals surface area contributed by atoms with Gasteiger partial charge in [0.25, 0.3) is 0 Å². The zero-order valence-electron chi connectivity index (χ0n) is 19.7. The van der Waals surface area contributed by atoms with Crippen molar-refractivity contribution in [2.45, 2.75) is 78.6 Å². The van der Waals surface area contributed by atoms with E-state index in [1.165, 1.54) is 34.2 Å². The molecule has 0 aliphatic heterocycles. The van der Waals surface area contributed by atoms with Crippen molar-refractivity contribution < 1.29 is 9.53 Å². The highest BCUT2D eigenvalue weighted by Gasteiger charge is 2.42. The van der Waals surface area contributed by atoms with Crippen molar-refractivity contribution in [3.8, 4) is 0 Å². The lowest BCUT2D eigenvalue weighted by Crippen LogP contribution is -2.18. The number of allylic oxidation sites excluding steroid dienone is 1. The van der Waals surface area contributed by atoms with Crippen molar-refractivity contribution in [2.24, 2.45) is 0 Å². The van der Waals surface area contributed by atoms with Crippen molar-refractivity contribution in [2.75, 3.05) is 6.61 Å². The quantitative estimate of drug-likeness (QED) is 0.372. The molecule has 0 unspecified atom stereocenters. The smallest absolute Gasteiger partial charge is 0.338 e. The molecule has 0 heterocycles. The molecule has 0 spiro atoms. The van der Waals surface area contributed by atoms with Crippen LogP contribution in [0.15, 0.2) is 36.4 Å². The number of hydrogen-bond donors (Lipinski definition) is 0. The normalized spacial score (nSPS) is 17.0. The van der Waals surface area contributed by atoms with Crippen LogP contribution in [0, 0.1) is 0 Å². The number of carbonyl (C=O) groups is 1. The van der Waals surface area contributed by atoms with Crippen LogP contribution in [-0.4, -0.2) is 12.6 Å². The van der Waals surface area contributed by atoms with Crippen molar-refractivity contribution in [1.29, 1.82) is 0 Å². The van der Waals surface area contributed by atoms with E-state index in [-0.39, 0.29) is 16.8 Å². The summed E-state index contributed by atoms with van der Waals surface area (Å²) in [7, 11) is 0. The molecule has 0 bridgehead atoms. The Morgan fingerprint density at radius 3 is 2.17 bits per heavy atom. The minimum atomic E-state index is -0.249. The summed E-state index contributed by atoms with van der Waals surface area (Å²) in [5.74, 6) is -0.249.